The van der Waals surface area contributed by atoms with E-state index in [2.05, 4.69) is 10.2 Å². The van der Waals surface area contributed by atoms with Crippen molar-refractivity contribution in [2.24, 2.45) is 11.7 Å². The van der Waals surface area contributed by atoms with Crippen LogP contribution in [0.1, 0.15) is 6.92 Å². The minimum Gasteiger partial charge on any atom is -0.383 e. The Morgan fingerprint density at radius 1 is 1.41 bits per heavy atom. The molecule has 1 amide bonds. The summed E-state index contributed by atoms with van der Waals surface area (Å²) in [6, 6.07) is 0. The molecule has 5 nitrogen and oxygen atoms in total. The Hall–Kier alpha value is -0.0700. The van der Waals surface area contributed by atoms with Crippen molar-refractivity contribution < 1.29 is 9.53 Å². The van der Waals surface area contributed by atoms with E-state index in [-0.39, 0.29) is 36.6 Å². The number of ether oxygens (including phenoxy) is 1. The summed E-state index contributed by atoms with van der Waals surface area (Å²) in [4.78, 5) is 13.4. The Morgan fingerprint density at radius 3 is 2.47 bits per heavy atom. The van der Waals surface area contributed by atoms with Gasteiger partial charge in [0.2, 0.25) is 5.91 Å². The van der Waals surface area contributed by atoms with Gasteiger partial charge in [-0.1, -0.05) is 6.92 Å². The molecular formula is C10H25Cl2N3O2. The Labute approximate surface area is 116 Å². The van der Waals surface area contributed by atoms with E-state index < -0.39 is 0 Å². The Bertz CT molecular complexity index is 185. The third-order valence-corrected chi connectivity index (χ3v) is 2.27. The fourth-order valence-electron chi connectivity index (χ4n) is 1.01. The standard InChI is InChI=1S/C10H23N3O2.2ClH/c1-9(8-11)10(14)12-4-5-13(2)6-7-15-3;;/h9H,4-8,11H2,1-3H3,(H,12,14);2*1H. The summed E-state index contributed by atoms with van der Waals surface area (Å²) in [6.07, 6.45) is 0. The first-order chi connectivity index (χ1) is 7.11. The molecule has 0 radical (unpaired) electrons. The summed E-state index contributed by atoms with van der Waals surface area (Å²) < 4.78 is 4.95. The highest BCUT2D eigenvalue weighted by Crippen LogP contribution is 1.89. The predicted molar refractivity (Wildman–Crippen MR) is 75.1 cm³/mol. The monoisotopic (exact) mass is 289 g/mol. The average molecular weight is 290 g/mol. The third kappa shape index (κ3) is 12.2. The summed E-state index contributed by atoms with van der Waals surface area (Å²) in [5, 5.41) is 2.84. The molecule has 0 spiro atoms. The first-order valence-electron chi connectivity index (χ1n) is 5.27. The van der Waals surface area contributed by atoms with Crippen molar-refractivity contribution in [2.45, 2.75) is 6.92 Å². The summed E-state index contributed by atoms with van der Waals surface area (Å²) >= 11 is 0. The number of halogens is 2. The van der Waals surface area contributed by atoms with E-state index in [4.69, 9.17) is 10.5 Å². The lowest BCUT2D eigenvalue weighted by atomic mass is 10.2. The Balaban J connectivity index is -0.000000980. The lowest BCUT2D eigenvalue weighted by molar-refractivity contribution is -0.124. The normalized spacial score (nSPS) is 11.4. The largest absolute Gasteiger partial charge is 0.383 e. The lowest BCUT2D eigenvalue weighted by Crippen LogP contribution is -2.38. The molecule has 1 atom stereocenters. The third-order valence-electron chi connectivity index (χ3n) is 2.27. The number of carbonyl (C=O) groups is 1. The smallest absolute Gasteiger partial charge is 0.224 e. The van der Waals surface area contributed by atoms with E-state index in [0.29, 0.717) is 19.7 Å². The molecule has 0 aromatic heterocycles. The summed E-state index contributed by atoms with van der Waals surface area (Å²) in [5.74, 6) is -0.0769. The molecule has 0 bridgehead atoms. The van der Waals surface area contributed by atoms with Crippen LogP contribution in [0.25, 0.3) is 0 Å². The predicted octanol–water partition coefficient (Wildman–Crippen LogP) is 0.119. The number of nitrogens with one attached hydrogen (secondary N) is 1. The minimum atomic E-state index is -0.103. The van der Waals surface area contributed by atoms with Crippen LogP contribution in [0.4, 0.5) is 0 Å². The topological polar surface area (TPSA) is 67.6 Å². The van der Waals surface area contributed by atoms with Gasteiger partial charge >= 0.3 is 0 Å². The van der Waals surface area contributed by atoms with Crippen LogP contribution in [0.2, 0.25) is 0 Å². The number of methoxy groups -OCH3 is 1. The maximum atomic E-state index is 11.3. The number of hydrogen-bond acceptors (Lipinski definition) is 4. The molecule has 0 aliphatic carbocycles. The van der Waals surface area contributed by atoms with Gasteiger partial charge in [-0.2, -0.15) is 0 Å². The van der Waals surface area contributed by atoms with Gasteiger partial charge < -0.3 is 20.7 Å². The van der Waals surface area contributed by atoms with Gasteiger partial charge in [0, 0.05) is 39.2 Å². The van der Waals surface area contributed by atoms with E-state index in [0.717, 1.165) is 13.1 Å². The molecule has 106 valence electrons. The van der Waals surface area contributed by atoms with Gasteiger partial charge in [-0.3, -0.25) is 4.79 Å². The number of likely N-dealkylation sites (N-methyl/N-ethyl adjacent to an activating group) is 1. The van der Waals surface area contributed by atoms with Crippen LogP contribution in [-0.4, -0.2) is 57.8 Å². The van der Waals surface area contributed by atoms with Crippen molar-refractivity contribution >= 4 is 30.7 Å². The van der Waals surface area contributed by atoms with Crippen molar-refractivity contribution in [2.75, 3.05) is 46.9 Å². The van der Waals surface area contributed by atoms with Gasteiger partial charge in [0.05, 0.1) is 6.61 Å². The molecule has 0 fully saturated rings. The van der Waals surface area contributed by atoms with Crippen LogP contribution in [0.5, 0.6) is 0 Å². The van der Waals surface area contributed by atoms with Gasteiger partial charge in [-0.15, -0.1) is 24.8 Å². The Kier molecular flexibility index (Phi) is 18.2. The lowest BCUT2D eigenvalue weighted by Gasteiger charge is -2.17. The minimum absolute atomic E-state index is 0. The van der Waals surface area contributed by atoms with Gasteiger partial charge in [-0.25, -0.2) is 0 Å². The van der Waals surface area contributed by atoms with Crippen LogP contribution >= 0.6 is 24.8 Å². The number of amides is 1. The van der Waals surface area contributed by atoms with E-state index in [1.165, 1.54) is 0 Å². The van der Waals surface area contributed by atoms with Gasteiger partial charge in [0.1, 0.15) is 0 Å². The van der Waals surface area contributed by atoms with E-state index >= 15 is 0 Å². The second kappa shape index (κ2) is 14.0. The number of carbonyl (C=O) groups excluding carboxylic acids is 1. The molecule has 0 aliphatic rings. The van der Waals surface area contributed by atoms with Crippen LogP contribution in [0.3, 0.4) is 0 Å². The maximum Gasteiger partial charge on any atom is 0.224 e. The van der Waals surface area contributed by atoms with E-state index in [9.17, 15) is 4.79 Å². The number of nitrogens with zero attached hydrogens (tertiary/aromatic N) is 1. The van der Waals surface area contributed by atoms with Crippen molar-refractivity contribution in [3.8, 4) is 0 Å². The molecule has 7 heteroatoms. The second-order valence-electron chi connectivity index (χ2n) is 3.72. The Morgan fingerprint density at radius 2 is 2.00 bits per heavy atom. The highest BCUT2D eigenvalue weighted by molar-refractivity contribution is 5.85. The fraction of sp³-hybridized carbons (Fsp3) is 0.900. The zero-order valence-corrected chi connectivity index (χ0v) is 12.4. The first kappa shape index (κ1) is 22.1. The average Bonchev–Trinajstić information content (AvgIpc) is 2.24. The van der Waals surface area contributed by atoms with E-state index in [1.807, 2.05) is 14.0 Å². The SMILES string of the molecule is COCCN(C)CCNC(=O)C(C)CN.Cl.Cl. The zero-order valence-electron chi connectivity index (χ0n) is 10.8. The second-order valence-corrected chi connectivity index (χ2v) is 3.72. The molecule has 17 heavy (non-hydrogen) atoms. The molecule has 0 rings (SSSR count). The number of rotatable bonds is 8. The molecule has 0 aliphatic heterocycles. The summed E-state index contributed by atoms with van der Waals surface area (Å²) in [7, 11) is 3.68. The van der Waals surface area contributed by atoms with Crippen LogP contribution in [0.15, 0.2) is 0 Å². The highest BCUT2D eigenvalue weighted by atomic mass is 35.5. The maximum absolute atomic E-state index is 11.3. The van der Waals surface area contributed by atoms with Crippen molar-refractivity contribution in [1.29, 1.82) is 0 Å². The summed E-state index contributed by atoms with van der Waals surface area (Å²) in [5.41, 5.74) is 5.38. The molecule has 1 unspecified atom stereocenters. The van der Waals surface area contributed by atoms with Crippen LogP contribution in [0, 0.1) is 5.92 Å². The molecular weight excluding hydrogens is 265 g/mol. The molecule has 0 saturated heterocycles. The molecule has 0 saturated carbocycles. The highest BCUT2D eigenvalue weighted by Gasteiger charge is 2.09. The van der Waals surface area contributed by atoms with Gasteiger partial charge in [0.15, 0.2) is 0 Å². The van der Waals surface area contributed by atoms with Crippen molar-refractivity contribution in [3.05, 3.63) is 0 Å². The van der Waals surface area contributed by atoms with Crippen molar-refractivity contribution in [1.82, 2.24) is 10.2 Å². The van der Waals surface area contributed by atoms with Crippen molar-refractivity contribution in [3.63, 3.8) is 0 Å². The van der Waals surface area contributed by atoms with Crippen LogP contribution < -0.4 is 11.1 Å². The fourth-order valence-corrected chi connectivity index (χ4v) is 1.01. The zero-order chi connectivity index (χ0) is 11.7. The molecule has 0 aromatic carbocycles. The van der Waals surface area contributed by atoms with E-state index in [1.54, 1.807) is 7.11 Å². The number of nitrogens with two attached hydrogens (primary N) is 1. The summed E-state index contributed by atoms with van der Waals surface area (Å²) in [6.45, 7) is 5.29. The van der Waals surface area contributed by atoms with Gasteiger partial charge in [-0.05, 0) is 7.05 Å². The molecule has 0 heterocycles. The van der Waals surface area contributed by atoms with Crippen LogP contribution in [-0.2, 0) is 9.53 Å². The quantitative estimate of drug-likeness (QED) is 0.666. The first-order valence-corrected chi connectivity index (χ1v) is 5.27. The molecule has 0 aromatic rings. The number of hydrogen-bond donors (Lipinski definition) is 2. The molecule has 3 N–H and O–H groups in total. The van der Waals surface area contributed by atoms with Gasteiger partial charge in [0.25, 0.3) is 0 Å².